The van der Waals surface area contributed by atoms with E-state index in [1.54, 1.807) is 7.11 Å². The number of carboxylic acids is 1. The van der Waals surface area contributed by atoms with Gasteiger partial charge in [-0.2, -0.15) is 0 Å². The molecule has 0 saturated heterocycles. The number of unbranched alkanes of at least 4 members (excludes halogenated alkanes) is 9. The summed E-state index contributed by atoms with van der Waals surface area (Å²) in [5, 5.41) is 23.8. The van der Waals surface area contributed by atoms with Crippen LogP contribution >= 0.6 is 0 Å². The van der Waals surface area contributed by atoms with Gasteiger partial charge in [0.25, 0.3) is 0 Å². The van der Waals surface area contributed by atoms with E-state index in [9.17, 15) is 14.7 Å². The molecule has 0 aliphatic heterocycles. The average molecular weight is 504 g/mol. The lowest BCUT2D eigenvalue weighted by Gasteiger charge is -2.33. The summed E-state index contributed by atoms with van der Waals surface area (Å²) >= 11 is 0. The van der Waals surface area contributed by atoms with Gasteiger partial charge in [-0.1, -0.05) is 65.2 Å². The zero-order valence-corrected chi connectivity index (χ0v) is 23.1. The first-order valence-corrected chi connectivity index (χ1v) is 13.1. The molecule has 0 aromatic carbocycles. The molecule has 3 N–H and O–H groups in total. The van der Waals surface area contributed by atoms with Gasteiger partial charge >= 0.3 is 12.0 Å². The highest BCUT2D eigenvalue weighted by Gasteiger charge is 2.34. The maximum absolute atomic E-state index is 12.4. The van der Waals surface area contributed by atoms with Gasteiger partial charge in [0.15, 0.2) is 0 Å². The van der Waals surface area contributed by atoms with Gasteiger partial charge in [0.2, 0.25) is 0 Å². The van der Waals surface area contributed by atoms with Crippen LogP contribution in [0.2, 0.25) is 0 Å². The lowest BCUT2D eigenvalue weighted by Crippen LogP contribution is -2.56. The molecule has 9 heteroatoms. The molecule has 1 unspecified atom stereocenters. The van der Waals surface area contributed by atoms with Crippen molar-refractivity contribution in [2.45, 2.75) is 90.5 Å². The molecular formula is C26H53N3O6. The molecule has 0 rings (SSSR count). The molecule has 9 nitrogen and oxygen atoms in total. The Morgan fingerprint density at radius 1 is 0.943 bits per heavy atom. The fraction of sp³-hybridized carbons (Fsp3) is 0.885. The Morgan fingerprint density at radius 3 is 1.80 bits per heavy atom. The predicted octanol–water partition coefficient (Wildman–Crippen LogP) is 3.02. The second-order valence-electron chi connectivity index (χ2n) is 10.7. The van der Waals surface area contributed by atoms with Crippen molar-refractivity contribution in [2.75, 3.05) is 47.9 Å². The van der Waals surface area contributed by atoms with E-state index in [4.69, 9.17) is 14.6 Å². The second kappa shape index (κ2) is 22.6. The number of ether oxygens (including phenoxy) is 1. The number of carbonyl (C=O) groups is 3. The molecule has 0 bridgehead atoms. The zero-order valence-electron chi connectivity index (χ0n) is 23.1. The van der Waals surface area contributed by atoms with Gasteiger partial charge in [-0.3, -0.25) is 4.79 Å². The first kappa shape index (κ1) is 35.3. The van der Waals surface area contributed by atoms with Crippen LogP contribution in [0.3, 0.4) is 0 Å². The predicted molar refractivity (Wildman–Crippen MR) is 138 cm³/mol. The summed E-state index contributed by atoms with van der Waals surface area (Å²) in [6, 6.07) is -0.656. The second-order valence-corrected chi connectivity index (χ2v) is 10.7. The smallest absolute Gasteiger partial charge is 0.315 e. The minimum absolute atomic E-state index is 0.256. The highest BCUT2D eigenvalue weighted by Crippen LogP contribution is 2.18. The Labute approximate surface area is 213 Å². The van der Waals surface area contributed by atoms with Gasteiger partial charge in [-0.05, 0) is 25.2 Å². The molecule has 0 aromatic rings. The van der Waals surface area contributed by atoms with E-state index in [1.807, 2.05) is 35.0 Å². The summed E-state index contributed by atoms with van der Waals surface area (Å²) < 4.78 is 5.66. The number of carbonyl (C=O) groups excluding carboxylic acids is 2. The molecule has 0 aliphatic rings. The fourth-order valence-corrected chi connectivity index (χ4v) is 4.02. The Bertz CT molecular complexity index is 538. The number of urea groups is 1. The topological polar surface area (TPSA) is 128 Å². The summed E-state index contributed by atoms with van der Waals surface area (Å²) in [5.41, 5.74) is 0. The third-order valence-corrected chi connectivity index (χ3v) is 5.65. The molecule has 0 spiro atoms. The first-order chi connectivity index (χ1) is 16.5. The van der Waals surface area contributed by atoms with Gasteiger partial charge in [0.1, 0.15) is 0 Å². The molecule has 0 saturated carbocycles. The minimum atomic E-state index is -0.840. The maximum Gasteiger partial charge on any atom is 0.315 e. The average Bonchev–Trinajstić information content (AvgIpc) is 2.74. The van der Waals surface area contributed by atoms with Gasteiger partial charge in [-0.25, -0.2) is 4.79 Å². The summed E-state index contributed by atoms with van der Waals surface area (Å²) in [6.07, 6.45) is 12.7. The van der Waals surface area contributed by atoms with Crippen LogP contribution < -0.4 is 15.7 Å². The minimum Gasteiger partial charge on any atom is -0.554 e. The third kappa shape index (κ3) is 25.0. The van der Waals surface area contributed by atoms with Crippen molar-refractivity contribution in [1.29, 1.82) is 0 Å². The van der Waals surface area contributed by atoms with E-state index in [2.05, 4.69) is 10.6 Å². The summed E-state index contributed by atoms with van der Waals surface area (Å²) in [6.45, 7) is 5.61. The van der Waals surface area contributed by atoms with Gasteiger partial charge in [-0.15, -0.1) is 0 Å². The normalized spacial score (nSPS) is 12.9. The summed E-state index contributed by atoms with van der Waals surface area (Å²) in [7, 11) is 7.81. The summed E-state index contributed by atoms with van der Waals surface area (Å²) in [5.74, 6) is -1.17. The molecule has 208 valence electrons. The SMILES string of the molecule is COCCCCCCCCCCCCNC(=O)NC(C[N+](C)(C)C)[C@@H](CC(C)C)C(=O)O.O=C[O-]. The number of rotatable bonds is 20. The monoisotopic (exact) mass is 503 g/mol. The quantitative estimate of drug-likeness (QED) is 0.133. The number of nitrogens with one attached hydrogen (secondary N) is 2. The molecule has 0 fully saturated rings. The number of likely N-dealkylation sites (N-methyl/N-ethyl adjacent to an activating group) is 1. The van der Waals surface area contributed by atoms with Crippen LogP contribution in [-0.4, -0.2) is 82.1 Å². The summed E-state index contributed by atoms with van der Waals surface area (Å²) in [4.78, 5) is 32.5. The molecular weight excluding hydrogens is 450 g/mol. The van der Waals surface area contributed by atoms with E-state index in [-0.39, 0.29) is 11.9 Å². The van der Waals surface area contributed by atoms with Crippen molar-refractivity contribution in [3.8, 4) is 0 Å². The molecule has 35 heavy (non-hydrogen) atoms. The van der Waals surface area contributed by atoms with Crippen LogP contribution in [0.25, 0.3) is 0 Å². The van der Waals surface area contributed by atoms with Gasteiger partial charge < -0.3 is 34.9 Å². The van der Waals surface area contributed by atoms with Crippen LogP contribution in [0.4, 0.5) is 4.79 Å². The number of amides is 2. The third-order valence-electron chi connectivity index (χ3n) is 5.65. The van der Waals surface area contributed by atoms with Crippen molar-refractivity contribution >= 4 is 18.5 Å². The Balaban J connectivity index is 0. The lowest BCUT2D eigenvalue weighted by atomic mass is 9.89. The largest absolute Gasteiger partial charge is 0.554 e. The van der Waals surface area contributed by atoms with E-state index < -0.39 is 24.4 Å². The highest BCUT2D eigenvalue weighted by molar-refractivity contribution is 5.76. The van der Waals surface area contributed by atoms with Crippen molar-refractivity contribution in [3.63, 3.8) is 0 Å². The van der Waals surface area contributed by atoms with Crippen LogP contribution in [0.1, 0.15) is 84.5 Å². The number of nitrogens with zero attached hydrogens (tertiary/aromatic N) is 1. The first-order valence-electron chi connectivity index (χ1n) is 13.1. The Kier molecular flexibility index (Phi) is 22.8. The number of methoxy groups -OCH3 is 1. The highest BCUT2D eigenvalue weighted by atomic mass is 16.5. The maximum atomic E-state index is 12.4. The van der Waals surface area contributed by atoms with Crippen molar-refractivity contribution in [2.24, 2.45) is 11.8 Å². The molecule has 2 atom stereocenters. The molecule has 0 heterocycles. The number of hydrogen-bond acceptors (Lipinski definition) is 5. The number of aliphatic carboxylic acids is 1. The number of carboxylic acid groups (broad SMARTS) is 2. The standard InChI is InChI=1S/C25H51N3O4.CH2O2/c1-21(2)19-22(24(29)30)23(20-28(3,4)5)27-25(31)26-17-15-13-11-9-7-8-10-12-14-16-18-32-6;2-1-3/h21-23H,7-20H2,1-6H3,(H2-,26,27,29,30,31);1H,(H,2,3)/t22-,23?;/m1./s1. The van der Waals surface area contributed by atoms with E-state index in [0.717, 1.165) is 19.4 Å². The molecule has 0 radical (unpaired) electrons. The van der Waals surface area contributed by atoms with Crippen LogP contribution in [0, 0.1) is 11.8 Å². The van der Waals surface area contributed by atoms with Crippen LogP contribution in [-0.2, 0) is 14.3 Å². The fourth-order valence-electron chi connectivity index (χ4n) is 4.02. The van der Waals surface area contributed by atoms with E-state index in [0.29, 0.717) is 24.0 Å². The van der Waals surface area contributed by atoms with Gasteiger partial charge in [0.05, 0.1) is 39.6 Å². The van der Waals surface area contributed by atoms with E-state index in [1.165, 1.54) is 51.4 Å². The van der Waals surface area contributed by atoms with Crippen molar-refractivity contribution in [1.82, 2.24) is 10.6 Å². The van der Waals surface area contributed by atoms with Crippen molar-refractivity contribution < 1.29 is 33.8 Å². The number of quaternary nitrogens is 1. The molecule has 2 amide bonds. The van der Waals surface area contributed by atoms with Crippen LogP contribution in [0.15, 0.2) is 0 Å². The molecule has 0 aromatic heterocycles. The van der Waals surface area contributed by atoms with Gasteiger partial charge in [0, 0.05) is 26.7 Å². The van der Waals surface area contributed by atoms with Crippen LogP contribution in [0.5, 0.6) is 0 Å². The number of hydrogen-bond donors (Lipinski definition) is 3. The Hall–Kier alpha value is -1.87. The lowest BCUT2D eigenvalue weighted by molar-refractivity contribution is -0.871. The van der Waals surface area contributed by atoms with E-state index >= 15 is 0 Å². The molecule has 0 aliphatic carbocycles. The van der Waals surface area contributed by atoms with Crippen molar-refractivity contribution in [3.05, 3.63) is 0 Å². The Morgan fingerprint density at radius 2 is 1.40 bits per heavy atom. The zero-order chi connectivity index (χ0) is 27.1.